The fraction of sp³-hybridized carbons (Fsp3) is 0.125. The van der Waals surface area contributed by atoms with Crippen molar-refractivity contribution in [2.24, 2.45) is 0 Å². The van der Waals surface area contributed by atoms with Crippen LogP contribution in [0.3, 0.4) is 0 Å². The Balaban J connectivity index is 2.18. The maximum atomic E-state index is 11.5. The Bertz CT molecular complexity index is 491. The molecule has 0 unspecified atom stereocenters. The number of nitrogens with zero attached hydrogens (tertiary/aromatic N) is 4. The van der Waals surface area contributed by atoms with Crippen molar-refractivity contribution in [3.05, 3.63) is 28.8 Å². The van der Waals surface area contributed by atoms with Crippen molar-refractivity contribution in [3.63, 3.8) is 0 Å². The average Bonchev–Trinajstić information content (AvgIpc) is 2.68. The summed E-state index contributed by atoms with van der Waals surface area (Å²) in [6, 6.07) is 1.59. The first-order chi connectivity index (χ1) is 7.65. The van der Waals surface area contributed by atoms with Gasteiger partial charge in [-0.3, -0.25) is 10.1 Å². The second kappa shape index (κ2) is 4.23. The van der Waals surface area contributed by atoms with Gasteiger partial charge in [0.05, 0.1) is 6.20 Å². The fourth-order valence-electron chi connectivity index (χ4n) is 1.06. The second-order valence-electron chi connectivity index (χ2n) is 2.97. The van der Waals surface area contributed by atoms with E-state index in [4.69, 9.17) is 11.6 Å². The molecule has 2 N–H and O–H groups in total. The smallest absolute Gasteiger partial charge is 0.280 e. The summed E-state index contributed by atoms with van der Waals surface area (Å²) in [5.41, 5.74) is 0.816. The Kier molecular flexibility index (Phi) is 2.78. The van der Waals surface area contributed by atoms with Crippen LogP contribution in [-0.2, 0) is 0 Å². The van der Waals surface area contributed by atoms with Gasteiger partial charge in [-0.25, -0.2) is 9.97 Å². The zero-order chi connectivity index (χ0) is 11.5. The summed E-state index contributed by atoms with van der Waals surface area (Å²) in [6.45, 7) is 1.75. The number of amides is 1. The maximum Gasteiger partial charge on any atom is 0.280 e. The lowest BCUT2D eigenvalue weighted by Gasteiger charge is -2.02. The summed E-state index contributed by atoms with van der Waals surface area (Å²) in [6.07, 6.45) is 1.30. The lowest BCUT2D eigenvalue weighted by molar-refractivity contribution is 0.102. The first-order valence-corrected chi connectivity index (χ1v) is 4.71. The summed E-state index contributed by atoms with van der Waals surface area (Å²) < 4.78 is 0. The SMILES string of the molecule is Cc1cc(Cl)nc(NC(=O)c2cn[nH]n2)n1. The van der Waals surface area contributed by atoms with Crippen molar-refractivity contribution in [2.75, 3.05) is 5.32 Å². The van der Waals surface area contributed by atoms with E-state index in [1.165, 1.54) is 6.20 Å². The Hall–Kier alpha value is -2.02. The molecule has 0 aliphatic heterocycles. The summed E-state index contributed by atoms with van der Waals surface area (Å²) >= 11 is 5.72. The molecule has 2 rings (SSSR count). The number of H-pyrrole nitrogens is 1. The molecule has 0 aliphatic carbocycles. The van der Waals surface area contributed by atoms with E-state index in [-0.39, 0.29) is 16.8 Å². The van der Waals surface area contributed by atoms with Crippen LogP contribution in [0.2, 0.25) is 5.15 Å². The molecule has 1 amide bonds. The number of hydrogen-bond donors (Lipinski definition) is 2. The van der Waals surface area contributed by atoms with Crippen molar-refractivity contribution in [3.8, 4) is 0 Å². The third-order valence-corrected chi connectivity index (χ3v) is 1.89. The predicted molar refractivity (Wildman–Crippen MR) is 56.1 cm³/mol. The normalized spacial score (nSPS) is 10.1. The molecule has 0 bridgehead atoms. The van der Waals surface area contributed by atoms with E-state index in [0.29, 0.717) is 5.69 Å². The van der Waals surface area contributed by atoms with Gasteiger partial charge in [-0.05, 0) is 13.0 Å². The van der Waals surface area contributed by atoms with Crippen LogP contribution in [0.4, 0.5) is 5.95 Å². The Morgan fingerprint density at radius 1 is 1.50 bits per heavy atom. The molecule has 0 atom stereocenters. The van der Waals surface area contributed by atoms with Crippen LogP contribution in [0.25, 0.3) is 0 Å². The minimum atomic E-state index is -0.449. The topological polar surface area (TPSA) is 96.5 Å². The van der Waals surface area contributed by atoms with Crippen molar-refractivity contribution < 1.29 is 4.79 Å². The van der Waals surface area contributed by atoms with Crippen molar-refractivity contribution in [2.45, 2.75) is 6.92 Å². The van der Waals surface area contributed by atoms with E-state index in [1.807, 2.05) is 0 Å². The number of carbonyl (C=O) groups excluding carboxylic acids is 1. The average molecular weight is 239 g/mol. The highest BCUT2D eigenvalue weighted by atomic mass is 35.5. The highest BCUT2D eigenvalue weighted by molar-refractivity contribution is 6.29. The molecule has 8 heteroatoms. The molecule has 2 aromatic rings. The van der Waals surface area contributed by atoms with E-state index >= 15 is 0 Å². The van der Waals surface area contributed by atoms with Crippen LogP contribution in [0.15, 0.2) is 12.3 Å². The van der Waals surface area contributed by atoms with Crippen LogP contribution < -0.4 is 5.32 Å². The van der Waals surface area contributed by atoms with Crippen LogP contribution in [0, 0.1) is 6.92 Å². The van der Waals surface area contributed by atoms with E-state index in [0.717, 1.165) is 0 Å². The van der Waals surface area contributed by atoms with Gasteiger partial charge in [-0.1, -0.05) is 11.6 Å². The monoisotopic (exact) mass is 238 g/mol. The fourth-order valence-corrected chi connectivity index (χ4v) is 1.30. The minimum absolute atomic E-state index is 0.137. The Morgan fingerprint density at radius 3 is 2.94 bits per heavy atom. The van der Waals surface area contributed by atoms with E-state index in [1.54, 1.807) is 13.0 Å². The second-order valence-corrected chi connectivity index (χ2v) is 3.35. The molecule has 0 saturated carbocycles. The summed E-state index contributed by atoms with van der Waals surface area (Å²) in [5.74, 6) is -0.312. The van der Waals surface area contributed by atoms with Crippen LogP contribution in [0.1, 0.15) is 16.2 Å². The number of hydrogen-bond acceptors (Lipinski definition) is 5. The number of carbonyl (C=O) groups is 1. The number of rotatable bonds is 2. The van der Waals surface area contributed by atoms with Crippen LogP contribution in [0.5, 0.6) is 0 Å². The van der Waals surface area contributed by atoms with Crippen LogP contribution in [-0.4, -0.2) is 31.3 Å². The molecule has 0 aliphatic rings. The molecule has 0 radical (unpaired) electrons. The van der Waals surface area contributed by atoms with Crippen LogP contribution >= 0.6 is 11.6 Å². The number of anilines is 1. The van der Waals surface area contributed by atoms with Gasteiger partial charge in [0.15, 0.2) is 5.69 Å². The van der Waals surface area contributed by atoms with Crippen molar-refractivity contribution >= 4 is 23.5 Å². The summed E-state index contributed by atoms with van der Waals surface area (Å²) in [4.78, 5) is 19.4. The number of aryl methyl sites for hydroxylation is 1. The third-order valence-electron chi connectivity index (χ3n) is 1.70. The molecule has 82 valence electrons. The van der Waals surface area contributed by atoms with Gasteiger partial charge in [0, 0.05) is 5.69 Å². The van der Waals surface area contributed by atoms with Gasteiger partial charge >= 0.3 is 0 Å². The highest BCUT2D eigenvalue weighted by Gasteiger charge is 2.10. The van der Waals surface area contributed by atoms with Gasteiger partial charge in [0.1, 0.15) is 5.15 Å². The van der Waals surface area contributed by atoms with Crippen molar-refractivity contribution in [1.29, 1.82) is 0 Å². The van der Waals surface area contributed by atoms with E-state index in [9.17, 15) is 4.79 Å². The molecule has 0 aromatic carbocycles. The zero-order valence-electron chi connectivity index (χ0n) is 8.23. The molecule has 7 nitrogen and oxygen atoms in total. The van der Waals surface area contributed by atoms with Gasteiger partial charge in [0.2, 0.25) is 5.95 Å². The molecule has 2 heterocycles. The molecule has 0 fully saturated rings. The number of nitrogens with one attached hydrogen (secondary N) is 2. The third kappa shape index (κ3) is 2.31. The van der Waals surface area contributed by atoms with Crippen molar-refractivity contribution in [1.82, 2.24) is 25.4 Å². The highest BCUT2D eigenvalue weighted by Crippen LogP contribution is 2.10. The van der Waals surface area contributed by atoms with Gasteiger partial charge in [-0.2, -0.15) is 15.4 Å². The standard InChI is InChI=1S/C8H7ClN6O/c1-4-2-6(9)12-8(11-4)13-7(16)5-3-10-15-14-5/h2-3H,1H3,(H,10,14,15)(H,11,12,13,16). The first-order valence-electron chi connectivity index (χ1n) is 4.33. The van der Waals surface area contributed by atoms with Gasteiger partial charge in [-0.15, -0.1) is 0 Å². The maximum absolute atomic E-state index is 11.5. The van der Waals surface area contributed by atoms with E-state index in [2.05, 4.69) is 30.7 Å². The van der Waals surface area contributed by atoms with Gasteiger partial charge in [0.25, 0.3) is 5.91 Å². The summed E-state index contributed by atoms with van der Waals surface area (Å²) in [7, 11) is 0. The molecule has 2 aromatic heterocycles. The predicted octanol–water partition coefficient (Wildman–Crippen LogP) is 0.809. The Morgan fingerprint density at radius 2 is 2.31 bits per heavy atom. The lowest BCUT2D eigenvalue weighted by Crippen LogP contribution is -2.15. The molecular formula is C8H7ClN6O. The zero-order valence-corrected chi connectivity index (χ0v) is 8.99. The quantitative estimate of drug-likeness (QED) is 0.755. The molecular weight excluding hydrogens is 232 g/mol. The number of halogens is 1. The number of aromatic nitrogens is 5. The van der Waals surface area contributed by atoms with E-state index < -0.39 is 5.91 Å². The first kappa shape index (κ1) is 10.5. The minimum Gasteiger partial charge on any atom is -0.289 e. The molecule has 0 saturated heterocycles. The lowest BCUT2D eigenvalue weighted by atomic mass is 10.4. The summed E-state index contributed by atoms with van der Waals surface area (Å²) in [5, 5.41) is 12.2. The Labute approximate surface area is 95.3 Å². The largest absolute Gasteiger partial charge is 0.289 e. The molecule has 16 heavy (non-hydrogen) atoms. The van der Waals surface area contributed by atoms with Gasteiger partial charge < -0.3 is 0 Å². The number of aromatic amines is 1. The molecule has 0 spiro atoms.